The van der Waals surface area contributed by atoms with Crippen molar-refractivity contribution in [3.05, 3.63) is 39.6 Å². The lowest BCUT2D eigenvalue weighted by Gasteiger charge is -2.05. The van der Waals surface area contributed by atoms with E-state index in [0.29, 0.717) is 6.54 Å². The van der Waals surface area contributed by atoms with E-state index in [0.717, 1.165) is 21.5 Å². The third-order valence-corrected chi connectivity index (χ3v) is 3.44. The van der Waals surface area contributed by atoms with Crippen LogP contribution in [0.4, 0.5) is 0 Å². The molecule has 4 nitrogen and oxygen atoms in total. The fourth-order valence-electron chi connectivity index (χ4n) is 1.51. The number of halogens is 1. The van der Waals surface area contributed by atoms with E-state index in [1.165, 1.54) is 5.56 Å². The summed E-state index contributed by atoms with van der Waals surface area (Å²) in [5.74, 6) is 0. The minimum absolute atomic E-state index is 0.416. The van der Waals surface area contributed by atoms with Crippen molar-refractivity contribution in [2.24, 2.45) is 5.73 Å². The van der Waals surface area contributed by atoms with Crippen LogP contribution >= 0.6 is 15.9 Å². The Hall–Kier alpha value is -1.20. The Morgan fingerprint density at radius 2 is 2.12 bits per heavy atom. The Balaban J connectivity index is 2.50. The van der Waals surface area contributed by atoms with Crippen molar-refractivity contribution in [3.8, 4) is 5.69 Å². The molecule has 0 saturated carbocycles. The van der Waals surface area contributed by atoms with Gasteiger partial charge in [0, 0.05) is 11.0 Å². The molecule has 16 heavy (non-hydrogen) atoms. The van der Waals surface area contributed by atoms with Crippen molar-refractivity contribution in [2.75, 3.05) is 0 Å². The summed E-state index contributed by atoms with van der Waals surface area (Å²) in [6.45, 7) is 4.43. The molecule has 0 saturated heterocycles. The van der Waals surface area contributed by atoms with Crippen molar-refractivity contribution < 1.29 is 0 Å². The number of rotatable bonds is 2. The van der Waals surface area contributed by atoms with Gasteiger partial charge in [-0.25, -0.2) is 4.68 Å². The van der Waals surface area contributed by atoms with Gasteiger partial charge in [-0.1, -0.05) is 27.2 Å². The molecule has 0 bridgehead atoms. The summed E-state index contributed by atoms with van der Waals surface area (Å²) in [5.41, 5.74) is 9.57. The van der Waals surface area contributed by atoms with Gasteiger partial charge in [-0.05, 0) is 31.5 Å². The topological polar surface area (TPSA) is 56.7 Å². The predicted octanol–water partition coefficient (Wildman–Crippen LogP) is 2.11. The van der Waals surface area contributed by atoms with Gasteiger partial charge in [0.15, 0.2) is 0 Å². The molecule has 0 radical (unpaired) electrons. The molecule has 0 atom stereocenters. The van der Waals surface area contributed by atoms with E-state index < -0.39 is 0 Å². The Morgan fingerprint density at radius 3 is 2.69 bits per heavy atom. The van der Waals surface area contributed by atoms with Crippen molar-refractivity contribution in [1.29, 1.82) is 0 Å². The van der Waals surface area contributed by atoms with E-state index in [2.05, 4.69) is 26.2 Å². The second kappa shape index (κ2) is 4.35. The summed E-state index contributed by atoms with van der Waals surface area (Å²) >= 11 is 3.51. The molecule has 2 aromatic rings. The van der Waals surface area contributed by atoms with Crippen LogP contribution < -0.4 is 5.73 Å². The summed E-state index contributed by atoms with van der Waals surface area (Å²) < 4.78 is 2.86. The molecule has 0 spiro atoms. The second-order valence-electron chi connectivity index (χ2n) is 3.67. The van der Waals surface area contributed by atoms with Gasteiger partial charge in [-0.2, -0.15) is 0 Å². The summed E-state index contributed by atoms with van der Waals surface area (Å²) in [5, 5.41) is 8.13. The van der Waals surface area contributed by atoms with Gasteiger partial charge in [0.1, 0.15) is 0 Å². The number of aryl methyl sites for hydroxylation is 1. The molecule has 0 unspecified atom stereocenters. The first-order chi connectivity index (χ1) is 7.63. The van der Waals surface area contributed by atoms with Crippen molar-refractivity contribution in [3.63, 3.8) is 0 Å². The first kappa shape index (κ1) is 11.3. The zero-order chi connectivity index (χ0) is 11.7. The number of aromatic nitrogens is 3. The summed E-state index contributed by atoms with van der Waals surface area (Å²) in [7, 11) is 0. The van der Waals surface area contributed by atoms with Gasteiger partial charge < -0.3 is 5.73 Å². The van der Waals surface area contributed by atoms with Gasteiger partial charge in [0.2, 0.25) is 0 Å². The fraction of sp³-hybridized carbons (Fsp3) is 0.273. The number of hydrogen-bond donors (Lipinski definition) is 1. The third kappa shape index (κ3) is 1.88. The number of hydrogen-bond acceptors (Lipinski definition) is 3. The average Bonchev–Trinajstić information content (AvgIpc) is 2.64. The number of nitrogens with two attached hydrogens (primary N) is 1. The third-order valence-electron chi connectivity index (χ3n) is 2.58. The summed E-state index contributed by atoms with van der Waals surface area (Å²) in [6, 6.07) is 6.09. The van der Waals surface area contributed by atoms with Crippen LogP contribution in [0.15, 0.2) is 22.7 Å². The van der Waals surface area contributed by atoms with E-state index in [1.807, 2.05) is 32.0 Å². The second-order valence-corrected chi connectivity index (χ2v) is 4.53. The Bertz CT molecular complexity index is 519. The molecule has 0 fully saturated rings. The molecule has 2 rings (SSSR count). The van der Waals surface area contributed by atoms with Crippen LogP contribution in [0.5, 0.6) is 0 Å². The fourth-order valence-corrected chi connectivity index (χ4v) is 1.87. The van der Waals surface area contributed by atoms with E-state index in [4.69, 9.17) is 5.73 Å². The molecule has 84 valence electrons. The zero-order valence-corrected chi connectivity index (χ0v) is 10.8. The summed E-state index contributed by atoms with van der Waals surface area (Å²) in [6.07, 6.45) is 0. The molecule has 1 aromatic carbocycles. The quantitative estimate of drug-likeness (QED) is 0.917. The first-order valence-electron chi connectivity index (χ1n) is 5.01. The van der Waals surface area contributed by atoms with E-state index in [1.54, 1.807) is 4.68 Å². The largest absolute Gasteiger partial charge is 0.325 e. The van der Waals surface area contributed by atoms with Crippen LogP contribution in [0, 0.1) is 13.8 Å². The van der Waals surface area contributed by atoms with Crippen LogP contribution in [0.1, 0.15) is 17.0 Å². The molecular formula is C11H13BrN4. The minimum Gasteiger partial charge on any atom is -0.325 e. The molecule has 1 heterocycles. The maximum Gasteiger partial charge on any atom is 0.0996 e. The maximum absolute atomic E-state index is 5.57. The number of nitrogens with zero attached hydrogens (tertiary/aromatic N) is 3. The lowest BCUT2D eigenvalue weighted by Crippen LogP contribution is -2.02. The van der Waals surface area contributed by atoms with Crippen molar-refractivity contribution >= 4 is 15.9 Å². The van der Waals surface area contributed by atoms with Gasteiger partial charge >= 0.3 is 0 Å². The van der Waals surface area contributed by atoms with E-state index in [-0.39, 0.29) is 0 Å². The van der Waals surface area contributed by atoms with Crippen LogP contribution in [0.2, 0.25) is 0 Å². The van der Waals surface area contributed by atoms with Crippen LogP contribution in [-0.4, -0.2) is 15.0 Å². The maximum atomic E-state index is 5.57. The van der Waals surface area contributed by atoms with E-state index >= 15 is 0 Å². The van der Waals surface area contributed by atoms with E-state index in [9.17, 15) is 0 Å². The Labute approximate surface area is 103 Å². The SMILES string of the molecule is Cc1ccc(-n2nnc(CN)c2C)cc1Br. The van der Waals surface area contributed by atoms with Gasteiger partial charge in [-0.3, -0.25) is 0 Å². The molecule has 0 aliphatic carbocycles. The molecule has 0 aliphatic rings. The van der Waals surface area contributed by atoms with Gasteiger partial charge in [-0.15, -0.1) is 5.10 Å². The van der Waals surface area contributed by atoms with Crippen molar-refractivity contribution in [1.82, 2.24) is 15.0 Å². The monoisotopic (exact) mass is 280 g/mol. The lowest BCUT2D eigenvalue weighted by molar-refractivity contribution is 0.782. The predicted molar refractivity (Wildman–Crippen MR) is 66.4 cm³/mol. The molecular weight excluding hydrogens is 268 g/mol. The highest BCUT2D eigenvalue weighted by Gasteiger charge is 2.09. The molecule has 2 N–H and O–H groups in total. The minimum atomic E-state index is 0.416. The highest BCUT2D eigenvalue weighted by molar-refractivity contribution is 9.10. The van der Waals surface area contributed by atoms with Crippen LogP contribution in [0.3, 0.4) is 0 Å². The molecule has 1 aromatic heterocycles. The smallest absolute Gasteiger partial charge is 0.0996 e. The van der Waals surface area contributed by atoms with Crippen LogP contribution in [0.25, 0.3) is 5.69 Å². The zero-order valence-electron chi connectivity index (χ0n) is 9.24. The van der Waals surface area contributed by atoms with Crippen molar-refractivity contribution in [2.45, 2.75) is 20.4 Å². The number of benzene rings is 1. The highest BCUT2D eigenvalue weighted by atomic mass is 79.9. The standard InChI is InChI=1S/C11H13BrN4/c1-7-3-4-9(5-10(7)12)16-8(2)11(6-13)14-15-16/h3-5H,6,13H2,1-2H3. The average molecular weight is 281 g/mol. The Morgan fingerprint density at radius 1 is 1.38 bits per heavy atom. The highest BCUT2D eigenvalue weighted by Crippen LogP contribution is 2.20. The lowest BCUT2D eigenvalue weighted by atomic mass is 10.2. The Kier molecular flexibility index (Phi) is 3.07. The van der Waals surface area contributed by atoms with Crippen LogP contribution in [-0.2, 0) is 6.54 Å². The normalized spacial score (nSPS) is 10.8. The van der Waals surface area contributed by atoms with Gasteiger partial charge in [0.25, 0.3) is 0 Å². The van der Waals surface area contributed by atoms with Gasteiger partial charge in [0.05, 0.1) is 17.1 Å². The first-order valence-corrected chi connectivity index (χ1v) is 5.80. The summed E-state index contributed by atoms with van der Waals surface area (Å²) in [4.78, 5) is 0. The molecule has 0 aliphatic heterocycles. The molecule has 5 heteroatoms. The molecule has 0 amide bonds.